The molecule has 1 aromatic carbocycles. The third-order valence-corrected chi connectivity index (χ3v) is 4.76. The summed E-state index contributed by atoms with van der Waals surface area (Å²) in [5.74, 6) is 0. The number of aliphatic hydroxyl groups is 1. The Morgan fingerprint density at radius 1 is 1.43 bits per heavy atom. The zero-order valence-electron chi connectivity index (χ0n) is 11.9. The normalized spacial score (nSPS) is 11.6. The molecule has 0 fully saturated rings. The van der Waals surface area contributed by atoms with Gasteiger partial charge in [0.1, 0.15) is 4.90 Å². The van der Waals surface area contributed by atoms with E-state index in [1.807, 2.05) is 6.92 Å². The molecule has 0 aromatic heterocycles. The van der Waals surface area contributed by atoms with Crippen LogP contribution in [0.15, 0.2) is 23.1 Å². The van der Waals surface area contributed by atoms with E-state index in [1.165, 1.54) is 19.2 Å². The lowest BCUT2D eigenvalue weighted by Crippen LogP contribution is -2.30. The molecule has 0 radical (unpaired) electrons. The minimum atomic E-state index is -3.82. The third-order valence-electron chi connectivity index (χ3n) is 2.84. The fourth-order valence-corrected chi connectivity index (χ4v) is 2.99. The van der Waals surface area contributed by atoms with Crippen LogP contribution in [0, 0.1) is 10.1 Å². The maximum Gasteiger partial charge on any atom is 0.271 e. The summed E-state index contributed by atoms with van der Waals surface area (Å²) in [6, 6.07) is 3.56. The smallest absolute Gasteiger partial charge is 0.271 e. The lowest BCUT2D eigenvalue weighted by Gasteiger charge is -2.18. The number of rotatable bonds is 8. The van der Waals surface area contributed by atoms with Gasteiger partial charge in [-0.1, -0.05) is 6.92 Å². The fourth-order valence-electron chi connectivity index (χ4n) is 1.68. The molecule has 0 bridgehead atoms. The predicted octanol–water partition coefficient (Wildman–Crippen LogP) is 1.03. The van der Waals surface area contributed by atoms with E-state index in [1.54, 1.807) is 0 Å². The quantitative estimate of drug-likeness (QED) is 0.547. The van der Waals surface area contributed by atoms with E-state index in [-0.39, 0.29) is 29.4 Å². The number of likely N-dealkylation sites (N-methyl/N-ethyl adjacent to an activating group) is 1. The Labute approximate surface area is 123 Å². The summed E-state index contributed by atoms with van der Waals surface area (Å²) in [5.41, 5.74) is 0.00760. The Morgan fingerprint density at radius 2 is 2.10 bits per heavy atom. The predicted molar refractivity (Wildman–Crippen MR) is 78.8 cm³/mol. The summed E-state index contributed by atoms with van der Waals surface area (Å²) in [7, 11) is -2.47. The van der Waals surface area contributed by atoms with Crippen LogP contribution in [0.4, 0.5) is 11.4 Å². The number of anilines is 1. The molecular weight excluding hydrogens is 298 g/mol. The van der Waals surface area contributed by atoms with Crippen LogP contribution < -0.4 is 5.32 Å². The van der Waals surface area contributed by atoms with Crippen LogP contribution in [0.2, 0.25) is 0 Å². The van der Waals surface area contributed by atoms with Gasteiger partial charge < -0.3 is 10.4 Å². The topological polar surface area (TPSA) is 113 Å². The molecule has 8 nitrogen and oxygen atoms in total. The highest BCUT2D eigenvalue weighted by Crippen LogP contribution is 2.28. The fraction of sp³-hybridized carbons (Fsp3) is 0.500. The van der Waals surface area contributed by atoms with Gasteiger partial charge in [0.05, 0.1) is 17.2 Å². The van der Waals surface area contributed by atoms with Gasteiger partial charge in [0.15, 0.2) is 0 Å². The van der Waals surface area contributed by atoms with Gasteiger partial charge in [0, 0.05) is 32.3 Å². The van der Waals surface area contributed by atoms with Crippen molar-refractivity contribution in [3.8, 4) is 0 Å². The van der Waals surface area contributed by atoms with Crippen LogP contribution in [0.3, 0.4) is 0 Å². The molecule has 1 aromatic rings. The Kier molecular flexibility index (Phi) is 6.06. The van der Waals surface area contributed by atoms with Gasteiger partial charge in [-0.2, -0.15) is 4.31 Å². The summed E-state index contributed by atoms with van der Waals surface area (Å²) >= 11 is 0. The van der Waals surface area contributed by atoms with E-state index in [9.17, 15) is 18.5 Å². The van der Waals surface area contributed by atoms with Crippen LogP contribution in [0.25, 0.3) is 0 Å². The van der Waals surface area contributed by atoms with Gasteiger partial charge in [-0.15, -0.1) is 0 Å². The van der Waals surface area contributed by atoms with E-state index < -0.39 is 14.9 Å². The van der Waals surface area contributed by atoms with Crippen LogP contribution >= 0.6 is 0 Å². The monoisotopic (exact) mass is 317 g/mol. The van der Waals surface area contributed by atoms with Crippen molar-refractivity contribution in [2.75, 3.05) is 32.1 Å². The zero-order valence-corrected chi connectivity index (χ0v) is 12.8. The number of nitro benzene ring substituents is 1. The summed E-state index contributed by atoms with van der Waals surface area (Å²) in [4.78, 5) is 10.2. The summed E-state index contributed by atoms with van der Waals surface area (Å²) in [5, 5.41) is 22.6. The van der Waals surface area contributed by atoms with E-state index in [0.717, 1.165) is 16.8 Å². The first-order valence-electron chi connectivity index (χ1n) is 6.44. The average Bonchev–Trinajstić information content (AvgIpc) is 2.44. The largest absolute Gasteiger partial charge is 0.395 e. The Hall–Kier alpha value is -1.71. The molecule has 21 heavy (non-hydrogen) atoms. The molecule has 0 atom stereocenters. The van der Waals surface area contributed by atoms with Crippen molar-refractivity contribution in [3.63, 3.8) is 0 Å². The first-order valence-corrected chi connectivity index (χ1v) is 7.88. The van der Waals surface area contributed by atoms with E-state index in [4.69, 9.17) is 5.11 Å². The molecule has 0 aliphatic rings. The standard InChI is InChI=1S/C12H19N3O5S/c1-3-6-13-11-9-10(15(17)18)4-5-12(11)21(19,20)14(2)7-8-16/h4-5,9,13,16H,3,6-8H2,1-2H3. The molecule has 0 saturated heterocycles. The van der Waals surface area contributed by atoms with Gasteiger partial charge >= 0.3 is 0 Å². The van der Waals surface area contributed by atoms with Crippen molar-refractivity contribution < 1.29 is 18.4 Å². The molecule has 0 aliphatic heterocycles. The van der Waals surface area contributed by atoms with Gasteiger partial charge in [-0.25, -0.2) is 8.42 Å². The number of aliphatic hydroxyl groups excluding tert-OH is 1. The van der Waals surface area contributed by atoms with Crippen molar-refractivity contribution in [1.82, 2.24) is 4.31 Å². The number of hydrogen-bond donors (Lipinski definition) is 2. The number of nitrogens with one attached hydrogen (secondary N) is 1. The van der Waals surface area contributed by atoms with Crippen LogP contribution in [0.5, 0.6) is 0 Å². The van der Waals surface area contributed by atoms with Gasteiger partial charge in [0.2, 0.25) is 10.0 Å². The Balaban J connectivity index is 3.30. The van der Waals surface area contributed by atoms with Gasteiger partial charge in [-0.05, 0) is 12.5 Å². The molecular formula is C12H19N3O5S. The molecule has 0 spiro atoms. The first kappa shape index (κ1) is 17.3. The van der Waals surface area contributed by atoms with Crippen molar-refractivity contribution in [3.05, 3.63) is 28.3 Å². The van der Waals surface area contributed by atoms with Crippen molar-refractivity contribution in [2.24, 2.45) is 0 Å². The molecule has 1 rings (SSSR count). The third kappa shape index (κ3) is 4.13. The molecule has 2 N–H and O–H groups in total. The van der Waals surface area contributed by atoms with Crippen molar-refractivity contribution >= 4 is 21.4 Å². The van der Waals surface area contributed by atoms with Gasteiger partial charge in [-0.3, -0.25) is 10.1 Å². The number of benzene rings is 1. The zero-order chi connectivity index (χ0) is 16.0. The van der Waals surface area contributed by atoms with E-state index in [0.29, 0.717) is 6.54 Å². The highest BCUT2D eigenvalue weighted by molar-refractivity contribution is 7.89. The van der Waals surface area contributed by atoms with Crippen LogP contribution in [-0.2, 0) is 10.0 Å². The summed E-state index contributed by atoms with van der Waals surface area (Å²) in [6.07, 6.45) is 0.745. The Bertz CT molecular complexity index is 603. The minimum Gasteiger partial charge on any atom is -0.395 e. The van der Waals surface area contributed by atoms with E-state index >= 15 is 0 Å². The highest BCUT2D eigenvalue weighted by Gasteiger charge is 2.25. The molecule has 0 saturated carbocycles. The van der Waals surface area contributed by atoms with Crippen molar-refractivity contribution in [1.29, 1.82) is 0 Å². The summed E-state index contributed by atoms with van der Waals surface area (Å²) < 4.78 is 25.8. The maximum absolute atomic E-state index is 12.4. The maximum atomic E-state index is 12.4. The van der Waals surface area contributed by atoms with Crippen LogP contribution in [0.1, 0.15) is 13.3 Å². The number of nitro groups is 1. The SMILES string of the molecule is CCCNc1cc([N+](=O)[O-])ccc1S(=O)(=O)N(C)CCO. The van der Waals surface area contributed by atoms with Crippen LogP contribution in [-0.4, -0.2) is 49.5 Å². The van der Waals surface area contributed by atoms with Crippen molar-refractivity contribution in [2.45, 2.75) is 18.2 Å². The second-order valence-corrected chi connectivity index (χ2v) is 6.43. The lowest BCUT2D eigenvalue weighted by molar-refractivity contribution is -0.384. The molecule has 118 valence electrons. The second kappa shape index (κ2) is 7.34. The van der Waals surface area contributed by atoms with E-state index in [2.05, 4.69) is 5.32 Å². The number of hydrogen-bond acceptors (Lipinski definition) is 6. The Morgan fingerprint density at radius 3 is 2.62 bits per heavy atom. The first-order chi connectivity index (χ1) is 9.84. The molecule has 0 amide bonds. The highest BCUT2D eigenvalue weighted by atomic mass is 32.2. The minimum absolute atomic E-state index is 0.0440. The number of nitrogens with zero attached hydrogens (tertiary/aromatic N) is 2. The molecule has 0 heterocycles. The summed E-state index contributed by atoms with van der Waals surface area (Å²) in [6.45, 7) is 2.04. The second-order valence-electron chi connectivity index (χ2n) is 4.41. The molecule has 9 heteroatoms. The average molecular weight is 317 g/mol. The molecule has 0 aliphatic carbocycles. The number of sulfonamides is 1. The lowest BCUT2D eigenvalue weighted by atomic mass is 10.2. The number of non-ortho nitro benzene ring substituents is 1. The molecule has 0 unspecified atom stereocenters. The van der Waals surface area contributed by atoms with Gasteiger partial charge in [0.25, 0.3) is 5.69 Å².